The Morgan fingerprint density at radius 2 is 1.90 bits per heavy atom. The average molecular weight is 424 g/mol. The van der Waals surface area contributed by atoms with Crippen LogP contribution in [0.15, 0.2) is 47.4 Å². The van der Waals surface area contributed by atoms with E-state index >= 15 is 0 Å². The van der Waals surface area contributed by atoms with E-state index in [9.17, 15) is 14.4 Å². The second-order valence-corrected chi connectivity index (χ2v) is 7.75. The molecule has 3 amide bonds. The molecule has 2 aliphatic rings. The topological polar surface area (TPSA) is 84.9 Å². The molecule has 2 aliphatic heterocycles. The molecule has 4 rings (SSSR count). The number of rotatable bonds is 6. The van der Waals surface area contributed by atoms with Crippen molar-refractivity contribution in [2.24, 2.45) is 0 Å². The van der Waals surface area contributed by atoms with Gasteiger partial charge >= 0.3 is 0 Å². The number of aryl methyl sites for hydroxylation is 1. The number of hydrogen-bond acceptors (Lipinski definition) is 6. The van der Waals surface area contributed by atoms with E-state index in [0.29, 0.717) is 22.0 Å². The van der Waals surface area contributed by atoms with Crippen LogP contribution in [0, 0.1) is 0 Å². The third-order valence-corrected chi connectivity index (χ3v) is 5.72. The van der Waals surface area contributed by atoms with Gasteiger partial charge in [-0.2, -0.15) is 0 Å². The van der Waals surface area contributed by atoms with Gasteiger partial charge in [-0.3, -0.25) is 19.3 Å². The van der Waals surface area contributed by atoms with E-state index in [1.807, 2.05) is 19.1 Å². The maximum Gasteiger partial charge on any atom is 0.293 e. The molecular formula is C22H20N2O5S. The van der Waals surface area contributed by atoms with Crippen LogP contribution < -0.4 is 14.8 Å². The minimum Gasteiger partial charge on any atom is -0.454 e. The molecule has 2 aromatic rings. The fourth-order valence-electron chi connectivity index (χ4n) is 3.12. The first-order valence-corrected chi connectivity index (χ1v) is 10.4. The van der Waals surface area contributed by atoms with Gasteiger partial charge in [-0.05, 0) is 59.7 Å². The summed E-state index contributed by atoms with van der Waals surface area (Å²) >= 11 is 0.883. The normalized spacial score (nSPS) is 16.4. The quantitative estimate of drug-likeness (QED) is 0.715. The number of imide groups is 1. The maximum absolute atomic E-state index is 12.6. The van der Waals surface area contributed by atoms with Crippen molar-refractivity contribution in [1.82, 2.24) is 10.2 Å². The number of carbonyl (C=O) groups is 3. The van der Waals surface area contributed by atoms with Crippen LogP contribution in [0.5, 0.6) is 11.5 Å². The molecule has 1 saturated heterocycles. The zero-order valence-electron chi connectivity index (χ0n) is 16.3. The first kappa shape index (κ1) is 20.0. The summed E-state index contributed by atoms with van der Waals surface area (Å²) in [7, 11) is 0. The van der Waals surface area contributed by atoms with Gasteiger partial charge in [-0.1, -0.05) is 25.1 Å². The van der Waals surface area contributed by atoms with Crippen LogP contribution in [0.25, 0.3) is 6.08 Å². The lowest BCUT2D eigenvalue weighted by Gasteiger charge is -2.13. The van der Waals surface area contributed by atoms with E-state index in [0.717, 1.165) is 34.2 Å². The van der Waals surface area contributed by atoms with Gasteiger partial charge in [-0.15, -0.1) is 0 Å². The number of thioether (sulfide) groups is 1. The summed E-state index contributed by atoms with van der Waals surface area (Å²) in [5, 5.41) is 2.40. The zero-order valence-corrected chi connectivity index (χ0v) is 17.2. The van der Waals surface area contributed by atoms with Crippen LogP contribution in [0.4, 0.5) is 4.79 Å². The fraction of sp³-hybridized carbons (Fsp3) is 0.227. The van der Waals surface area contributed by atoms with Crippen molar-refractivity contribution in [3.05, 3.63) is 64.1 Å². The number of amides is 3. The van der Waals surface area contributed by atoms with Crippen LogP contribution >= 0.6 is 11.8 Å². The Balaban J connectivity index is 1.35. The van der Waals surface area contributed by atoms with E-state index in [1.54, 1.807) is 36.4 Å². The van der Waals surface area contributed by atoms with E-state index in [1.165, 1.54) is 0 Å². The van der Waals surface area contributed by atoms with Crippen LogP contribution in [0.3, 0.4) is 0 Å². The van der Waals surface area contributed by atoms with Crippen LogP contribution in [-0.2, 0) is 11.2 Å². The average Bonchev–Trinajstić information content (AvgIpc) is 3.33. The molecule has 0 unspecified atom stereocenters. The van der Waals surface area contributed by atoms with E-state index in [4.69, 9.17) is 9.47 Å². The van der Waals surface area contributed by atoms with E-state index < -0.39 is 0 Å². The highest BCUT2D eigenvalue weighted by molar-refractivity contribution is 8.18. The molecule has 8 heteroatoms. The molecule has 0 aromatic heterocycles. The molecule has 0 spiro atoms. The fourth-order valence-corrected chi connectivity index (χ4v) is 3.99. The van der Waals surface area contributed by atoms with Crippen LogP contribution in [0.1, 0.15) is 28.4 Å². The first-order chi connectivity index (χ1) is 14.5. The monoisotopic (exact) mass is 424 g/mol. The zero-order chi connectivity index (χ0) is 21.1. The Labute approximate surface area is 178 Å². The molecule has 0 radical (unpaired) electrons. The second-order valence-electron chi connectivity index (χ2n) is 6.75. The van der Waals surface area contributed by atoms with Crippen molar-refractivity contribution in [2.75, 3.05) is 19.9 Å². The lowest BCUT2D eigenvalue weighted by atomic mass is 10.1. The highest BCUT2D eigenvalue weighted by Crippen LogP contribution is 2.36. The number of benzene rings is 2. The predicted octanol–water partition coefficient (Wildman–Crippen LogP) is 3.44. The van der Waals surface area contributed by atoms with Crippen molar-refractivity contribution < 1.29 is 23.9 Å². The molecule has 2 heterocycles. The summed E-state index contributed by atoms with van der Waals surface area (Å²) in [6.45, 7) is 2.52. The number of nitrogens with one attached hydrogen (secondary N) is 1. The molecule has 154 valence electrons. The van der Waals surface area contributed by atoms with Crippen molar-refractivity contribution in [1.29, 1.82) is 0 Å². The standard InChI is InChI=1S/C22H20N2O5S/c1-2-14-3-6-16(7-4-14)20(25)23-9-10-24-21(26)19(30-22(24)27)12-15-5-8-17-18(11-15)29-13-28-17/h3-8,11-12H,2,9-10,13H2,1H3,(H,23,25)/b19-12-. The predicted molar refractivity (Wildman–Crippen MR) is 113 cm³/mol. The molecule has 1 N–H and O–H groups in total. The summed E-state index contributed by atoms with van der Waals surface area (Å²) < 4.78 is 10.6. The third kappa shape index (κ3) is 4.18. The van der Waals surface area contributed by atoms with Gasteiger partial charge < -0.3 is 14.8 Å². The van der Waals surface area contributed by atoms with Crippen molar-refractivity contribution in [3.63, 3.8) is 0 Å². The summed E-state index contributed by atoms with van der Waals surface area (Å²) in [5.74, 6) is 0.655. The summed E-state index contributed by atoms with van der Waals surface area (Å²) in [5.41, 5.74) is 2.44. The minimum atomic E-state index is -0.371. The van der Waals surface area contributed by atoms with Crippen molar-refractivity contribution in [3.8, 4) is 11.5 Å². The molecule has 1 fully saturated rings. The molecular weight excluding hydrogens is 404 g/mol. The summed E-state index contributed by atoms with van der Waals surface area (Å²) in [4.78, 5) is 38.6. The SMILES string of the molecule is CCc1ccc(C(=O)NCCN2C(=O)S/C(=C\c3ccc4c(c3)OCO4)C2=O)cc1. The Bertz CT molecular complexity index is 1030. The molecule has 0 bridgehead atoms. The van der Waals surface area contributed by atoms with Crippen LogP contribution in [0.2, 0.25) is 0 Å². The van der Waals surface area contributed by atoms with E-state index in [-0.39, 0.29) is 36.9 Å². The molecule has 2 aromatic carbocycles. The van der Waals surface area contributed by atoms with E-state index in [2.05, 4.69) is 5.32 Å². The molecule has 30 heavy (non-hydrogen) atoms. The molecule has 7 nitrogen and oxygen atoms in total. The van der Waals surface area contributed by atoms with Gasteiger partial charge in [-0.25, -0.2) is 0 Å². The Morgan fingerprint density at radius 1 is 1.13 bits per heavy atom. The number of fused-ring (bicyclic) bond motifs is 1. The van der Waals surface area contributed by atoms with Crippen molar-refractivity contribution >= 4 is 34.9 Å². The number of ether oxygens (including phenoxy) is 2. The number of hydrogen-bond donors (Lipinski definition) is 1. The number of nitrogens with zero attached hydrogens (tertiary/aromatic N) is 1. The smallest absolute Gasteiger partial charge is 0.293 e. The van der Waals surface area contributed by atoms with Crippen LogP contribution in [-0.4, -0.2) is 41.8 Å². The summed E-state index contributed by atoms with van der Waals surface area (Å²) in [6, 6.07) is 12.7. The van der Waals surface area contributed by atoms with Crippen molar-refractivity contribution in [2.45, 2.75) is 13.3 Å². The molecule has 0 atom stereocenters. The van der Waals surface area contributed by atoms with Gasteiger partial charge in [0.15, 0.2) is 11.5 Å². The Hall–Kier alpha value is -3.26. The number of carbonyl (C=O) groups excluding carboxylic acids is 3. The van der Waals surface area contributed by atoms with Gasteiger partial charge in [0.05, 0.1) is 4.91 Å². The lowest BCUT2D eigenvalue weighted by Crippen LogP contribution is -2.37. The Kier molecular flexibility index (Phi) is 5.76. The highest BCUT2D eigenvalue weighted by atomic mass is 32.2. The van der Waals surface area contributed by atoms with Gasteiger partial charge in [0.2, 0.25) is 6.79 Å². The van der Waals surface area contributed by atoms with Gasteiger partial charge in [0.25, 0.3) is 17.1 Å². The minimum absolute atomic E-state index is 0.113. The largest absolute Gasteiger partial charge is 0.454 e. The third-order valence-electron chi connectivity index (χ3n) is 4.81. The lowest BCUT2D eigenvalue weighted by molar-refractivity contribution is -0.122. The van der Waals surface area contributed by atoms with Gasteiger partial charge in [0, 0.05) is 18.7 Å². The Morgan fingerprint density at radius 3 is 2.67 bits per heavy atom. The maximum atomic E-state index is 12.6. The van der Waals surface area contributed by atoms with Gasteiger partial charge in [0.1, 0.15) is 0 Å². The second kappa shape index (κ2) is 8.62. The highest BCUT2D eigenvalue weighted by Gasteiger charge is 2.34. The molecule has 0 aliphatic carbocycles. The summed E-state index contributed by atoms with van der Waals surface area (Å²) in [6.07, 6.45) is 2.56. The molecule has 0 saturated carbocycles. The first-order valence-electron chi connectivity index (χ1n) is 9.57.